The van der Waals surface area contributed by atoms with Gasteiger partial charge < -0.3 is 24.1 Å². The molecule has 30 heavy (non-hydrogen) atoms. The van der Waals surface area contributed by atoms with Crippen molar-refractivity contribution in [2.45, 2.75) is 38.5 Å². The first-order valence-corrected chi connectivity index (χ1v) is 10.9. The molecule has 2 aliphatic heterocycles. The number of rotatable bonds is 6. The van der Waals surface area contributed by atoms with E-state index < -0.39 is 6.10 Å². The van der Waals surface area contributed by atoms with Crippen molar-refractivity contribution >= 4 is 0 Å². The van der Waals surface area contributed by atoms with Crippen molar-refractivity contribution in [3.8, 4) is 23.0 Å². The highest BCUT2D eigenvalue weighted by Gasteiger charge is 2.42. The van der Waals surface area contributed by atoms with Gasteiger partial charge in [0.05, 0.1) is 12.7 Å². The first-order valence-electron chi connectivity index (χ1n) is 10.9. The number of likely N-dealkylation sites (tertiary alicyclic amines) is 1. The molecule has 6 heteroatoms. The van der Waals surface area contributed by atoms with Crippen LogP contribution in [0, 0.1) is 11.8 Å². The standard InChI is InChI=1S/C24H29NO5/c1-2-27-19-5-3-16(4-6-19)12-25-13-17-9-21(26)23(10-18(17)14-25)30-20-7-8-22-24(11-20)29-15-28-22/h3-8,11,17-18,21,23,26H,2,9-10,12-15H2,1H3/t17-,18+,21+,23+/m0/s1. The lowest BCUT2D eigenvalue weighted by molar-refractivity contribution is -0.0232. The Morgan fingerprint density at radius 2 is 1.70 bits per heavy atom. The van der Waals surface area contributed by atoms with Crippen molar-refractivity contribution < 1.29 is 24.1 Å². The van der Waals surface area contributed by atoms with E-state index in [-0.39, 0.29) is 12.9 Å². The third kappa shape index (κ3) is 4.07. The fraction of sp³-hybridized carbons (Fsp3) is 0.500. The molecule has 5 rings (SSSR count). The van der Waals surface area contributed by atoms with Gasteiger partial charge in [0, 0.05) is 25.7 Å². The van der Waals surface area contributed by atoms with E-state index in [4.69, 9.17) is 18.9 Å². The molecule has 0 radical (unpaired) electrons. The summed E-state index contributed by atoms with van der Waals surface area (Å²) in [6, 6.07) is 14.0. The molecule has 2 aromatic rings. The summed E-state index contributed by atoms with van der Waals surface area (Å²) in [5.41, 5.74) is 1.30. The molecule has 0 amide bonds. The maximum atomic E-state index is 10.7. The van der Waals surface area contributed by atoms with Gasteiger partial charge in [-0.15, -0.1) is 0 Å². The Kier molecular flexibility index (Phi) is 5.44. The van der Waals surface area contributed by atoms with Crippen LogP contribution in [0.2, 0.25) is 0 Å². The van der Waals surface area contributed by atoms with E-state index in [9.17, 15) is 5.11 Å². The fourth-order valence-corrected chi connectivity index (χ4v) is 4.98. The molecule has 1 saturated heterocycles. The molecule has 6 nitrogen and oxygen atoms in total. The van der Waals surface area contributed by atoms with Gasteiger partial charge in [0.25, 0.3) is 0 Å². The van der Waals surface area contributed by atoms with Crippen LogP contribution >= 0.6 is 0 Å². The Morgan fingerprint density at radius 1 is 0.967 bits per heavy atom. The lowest BCUT2D eigenvalue weighted by atomic mass is 9.78. The Hall–Kier alpha value is -2.44. The van der Waals surface area contributed by atoms with Crippen LogP contribution in [-0.4, -0.2) is 48.7 Å². The van der Waals surface area contributed by atoms with Crippen LogP contribution in [0.4, 0.5) is 0 Å². The highest BCUT2D eigenvalue weighted by molar-refractivity contribution is 5.47. The lowest BCUT2D eigenvalue weighted by Crippen LogP contribution is -2.42. The molecular formula is C24H29NO5. The zero-order valence-corrected chi connectivity index (χ0v) is 17.3. The molecule has 0 spiro atoms. The summed E-state index contributed by atoms with van der Waals surface area (Å²) in [5.74, 6) is 4.17. The second kappa shape index (κ2) is 8.36. The van der Waals surface area contributed by atoms with E-state index in [0.29, 0.717) is 24.2 Å². The summed E-state index contributed by atoms with van der Waals surface area (Å²) in [7, 11) is 0. The minimum atomic E-state index is -0.443. The highest BCUT2D eigenvalue weighted by atomic mass is 16.7. The number of hydrogen-bond donors (Lipinski definition) is 1. The van der Waals surface area contributed by atoms with Crippen LogP contribution in [0.25, 0.3) is 0 Å². The Bertz CT molecular complexity index is 870. The molecule has 0 aromatic heterocycles. The monoisotopic (exact) mass is 411 g/mol. The summed E-state index contributed by atoms with van der Waals surface area (Å²) in [6.07, 6.45) is 1.04. The predicted molar refractivity (Wildman–Crippen MR) is 112 cm³/mol. The van der Waals surface area contributed by atoms with E-state index in [0.717, 1.165) is 49.7 Å². The molecule has 2 heterocycles. The maximum absolute atomic E-state index is 10.7. The third-order valence-electron chi connectivity index (χ3n) is 6.43. The van der Waals surface area contributed by atoms with Gasteiger partial charge in [-0.25, -0.2) is 0 Å². The highest BCUT2D eigenvalue weighted by Crippen LogP contribution is 2.40. The van der Waals surface area contributed by atoms with Gasteiger partial charge in [-0.05, 0) is 61.4 Å². The zero-order valence-electron chi connectivity index (χ0n) is 17.3. The van der Waals surface area contributed by atoms with E-state index in [1.807, 2.05) is 37.3 Å². The van der Waals surface area contributed by atoms with Gasteiger partial charge in [0.1, 0.15) is 17.6 Å². The summed E-state index contributed by atoms with van der Waals surface area (Å²) in [6.45, 7) is 5.95. The molecule has 4 atom stereocenters. The Labute approximate surface area is 177 Å². The predicted octanol–water partition coefficient (Wildman–Crippen LogP) is 3.46. The SMILES string of the molecule is CCOc1ccc(CN2C[C@H]3C[C@@H](Oc4ccc5c(c4)OCO5)[C@H](O)C[C@H]3C2)cc1. The summed E-state index contributed by atoms with van der Waals surface area (Å²) in [5, 5.41) is 10.7. The molecule has 1 aliphatic carbocycles. The van der Waals surface area contributed by atoms with Gasteiger partial charge in [0.15, 0.2) is 11.5 Å². The molecular weight excluding hydrogens is 382 g/mol. The van der Waals surface area contributed by atoms with Crippen molar-refractivity contribution in [1.82, 2.24) is 4.90 Å². The first-order chi connectivity index (χ1) is 14.7. The van der Waals surface area contributed by atoms with Gasteiger partial charge in [-0.3, -0.25) is 4.90 Å². The van der Waals surface area contributed by atoms with E-state index in [2.05, 4.69) is 17.0 Å². The second-order valence-corrected chi connectivity index (χ2v) is 8.50. The van der Waals surface area contributed by atoms with E-state index in [1.54, 1.807) is 0 Å². The lowest BCUT2D eigenvalue weighted by Gasteiger charge is -2.35. The minimum absolute atomic E-state index is 0.183. The Morgan fingerprint density at radius 3 is 2.50 bits per heavy atom. The third-order valence-corrected chi connectivity index (χ3v) is 6.43. The number of aliphatic hydroxyl groups is 1. The summed E-state index contributed by atoms with van der Waals surface area (Å²) >= 11 is 0. The van der Waals surface area contributed by atoms with Gasteiger partial charge >= 0.3 is 0 Å². The van der Waals surface area contributed by atoms with Crippen LogP contribution in [0.5, 0.6) is 23.0 Å². The van der Waals surface area contributed by atoms with Gasteiger partial charge in [-0.1, -0.05) is 12.1 Å². The van der Waals surface area contributed by atoms with Gasteiger partial charge in [0.2, 0.25) is 6.79 Å². The van der Waals surface area contributed by atoms with Crippen LogP contribution in [0.15, 0.2) is 42.5 Å². The molecule has 3 aliphatic rings. The zero-order chi connectivity index (χ0) is 20.5. The molecule has 1 N–H and O–H groups in total. The van der Waals surface area contributed by atoms with Crippen molar-refractivity contribution in [3.63, 3.8) is 0 Å². The molecule has 0 unspecified atom stereocenters. The first kappa shape index (κ1) is 19.5. The normalized spacial score (nSPS) is 27.7. The molecule has 1 saturated carbocycles. The van der Waals surface area contributed by atoms with Gasteiger partial charge in [-0.2, -0.15) is 0 Å². The number of ether oxygens (including phenoxy) is 4. The van der Waals surface area contributed by atoms with Crippen LogP contribution in [-0.2, 0) is 6.54 Å². The number of aliphatic hydroxyl groups excluding tert-OH is 1. The second-order valence-electron chi connectivity index (χ2n) is 8.50. The van der Waals surface area contributed by atoms with Crippen molar-refractivity contribution in [2.24, 2.45) is 11.8 Å². The molecule has 2 aromatic carbocycles. The van der Waals surface area contributed by atoms with E-state index in [1.165, 1.54) is 5.56 Å². The molecule has 2 fully saturated rings. The van der Waals surface area contributed by atoms with Crippen molar-refractivity contribution in [1.29, 1.82) is 0 Å². The number of benzene rings is 2. The topological polar surface area (TPSA) is 60.4 Å². The largest absolute Gasteiger partial charge is 0.494 e. The number of hydrogen-bond acceptors (Lipinski definition) is 6. The van der Waals surface area contributed by atoms with Crippen molar-refractivity contribution in [3.05, 3.63) is 48.0 Å². The average Bonchev–Trinajstić information content (AvgIpc) is 3.36. The fourth-order valence-electron chi connectivity index (χ4n) is 4.98. The maximum Gasteiger partial charge on any atom is 0.231 e. The summed E-state index contributed by atoms with van der Waals surface area (Å²) in [4.78, 5) is 2.50. The van der Waals surface area contributed by atoms with E-state index >= 15 is 0 Å². The number of fused-ring (bicyclic) bond motifs is 2. The van der Waals surface area contributed by atoms with Crippen LogP contribution in [0.1, 0.15) is 25.3 Å². The van der Waals surface area contributed by atoms with Crippen molar-refractivity contribution in [2.75, 3.05) is 26.5 Å². The molecule has 0 bridgehead atoms. The quantitative estimate of drug-likeness (QED) is 0.786. The smallest absolute Gasteiger partial charge is 0.231 e. The summed E-state index contributed by atoms with van der Waals surface area (Å²) < 4.78 is 22.5. The van der Waals surface area contributed by atoms with Crippen LogP contribution < -0.4 is 18.9 Å². The van der Waals surface area contributed by atoms with Crippen LogP contribution in [0.3, 0.4) is 0 Å². The number of nitrogens with zero attached hydrogens (tertiary/aromatic N) is 1. The Balaban J connectivity index is 1.19. The minimum Gasteiger partial charge on any atom is -0.494 e. The average molecular weight is 411 g/mol. The molecule has 160 valence electrons.